The van der Waals surface area contributed by atoms with Gasteiger partial charge in [-0.2, -0.15) is 5.10 Å². The van der Waals surface area contributed by atoms with Gasteiger partial charge in [0.05, 0.1) is 17.1 Å². The minimum atomic E-state index is -0.360. The quantitative estimate of drug-likeness (QED) is 0.507. The van der Waals surface area contributed by atoms with Crippen LogP contribution in [-0.2, 0) is 0 Å². The van der Waals surface area contributed by atoms with Gasteiger partial charge in [0.1, 0.15) is 17.2 Å². The molecule has 2 aromatic heterocycles. The number of piperazine rings is 1. The first-order valence-corrected chi connectivity index (χ1v) is 10.5. The highest BCUT2D eigenvalue weighted by Gasteiger charge is 2.19. The lowest BCUT2D eigenvalue weighted by atomic mass is 10.1. The predicted octanol–water partition coefficient (Wildman–Crippen LogP) is 3.08. The number of fused-ring (bicyclic) bond motifs is 1. The number of amides is 1. The second-order valence-corrected chi connectivity index (χ2v) is 7.70. The predicted molar refractivity (Wildman–Crippen MR) is 120 cm³/mol. The third kappa shape index (κ3) is 4.29. The molecule has 162 valence electrons. The molecule has 0 saturated carbocycles. The average Bonchev–Trinajstić information content (AvgIpc) is 3.13. The van der Waals surface area contributed by atoms with E-state index in [-0.39, 0.29) is 11.7 Å². The molecule has 3 heterocycles. The fourth-order valence-corrected chi connectivity index (χ4v) is 3.93. The lowest BCUT2D eigenvalue weighted by molar-refractivity contribution is 0.0948. The van der Waals surface area contributed by atoms with Gasteiger partial charge in [-0.3, -0.25) is 9.20 Å². The van der Waals surface area contributed by atoms with Crippen molar-refractivity contribution in [3.63, 3.8) is 0 Å². The van der Waals surface area contributed by atoms with Crippen LogP contribution in [0.1, 0.15) is 35.6 Å². The van der Waals surface area contributed by atoms with Gasteiger partial charge in [-0.1, -0.05) is 19.1 Å². The molecule has 3 aromatic rings. The standard InChI is InChI=1S/C23H27FN6O/c1-4-28-11-13-29(14-12-28)20-9-8-18(15-19(20)24)16(2)26-27-23(31)22-17(3)25-21-7-5-6-10-30(21)22/h5-10,15H,4,11-14H2,1-3H3,(H,27,31)/b26-16-. The Hall–Kier alpha value is -3.26. The Labute approximate surface area is 181 Å². The van der Waals surface area contributed by atoms with Gasteiger partial charge in [-0.25, -0.2) is 14.8 Å². The summed E-state index contributed by atoms with van der Waals surface area (Å²) >= 11 is 0. The third-order valence-electron chi connectivity index (χ3n) is 5.77. The van der Waals surface area contributed by atoms with E-state index in [2.05, 4.69) is 32.2 Å². The zero-order chi connectivity index (χ0) is 22.0. The van der Waals surface area contributed by atoms with Crippen LogP contribution in [0.3, 0.4) is 0 Å². The van der Waals surface area contributed by atoms with Gasteiger partial charge in [0, 0.05) is 37.9 Å². The van der Waals surface area contributed by atoms with Crippen LogP contribution >= 0.6 is 0 Å². The number of anilines is 1. The topological polar surface area (TPSA) is 65.2 Å². The van der Waals surface area contributed by atoms with Crippen LogP contribution < -0.4 is 10.3 Å². The molecule has 1 saturated heterocycles. The number of halogens is 1. The molecule has 1 amide bonds. The van der Waals surface area contributed by atoms with Crippen LogP contribution in [0.15, 0.2) is 47.7 Å². The molecule has 1 N–H and O–H groups in total. The van der Waals surface area contributed by atoms with E-state index in [1.165, 1.54) is 6.07 Å². The summed E-state index contributed by atoms with van der Waals surface area (Å²) in [6, 6.07) is 10.7. The highest BCUT2D eigenvalue weighted by molar-refractivity contribution is 6.01. The van der Waals surface area contributed by atoms with Crippen LogP contribution in [0.25, 0.3) is 5.65 Å². The lowest BCUT2D eigenvalue weighted by Gasteiger charge is -2.35. The van der Waals surface area contributed by atoms with E-state index in [9.17, 15) is 9.18 Å². The van der Waals surface area contributed by atoms with Gasteiger partial charge in [0.25, 0.3) is 5.91 Å². The normalized spacial score (nSPS) is 15.5. The minimum Gasteiger partial charge on any atom is -0.367 e. The second-order valence-electron chi connectivity index (χ2n) is 7.70. The molecule has 4 rings (SSSR count). The number of carbonyl (C=O) groups is 1. The van der Waals surface area contributed by atoms with Crippen LogP contribution in [-0.4, -0.2) is 58.6 Å². The maximum Gasteiger partial charge on any atom is 0.290 e. The van der Waals surface area contributed by atoms with E-state index >= 15 is 0 Å². The molecule has 1 fully saturated rings. The van der Waals surface area contributed by atoms with Crippen molar-refractivity contribution in [2.75, 3.05) is 37.6 Å². The van der Waals surface area contributed by atoms with Crippen LogP contribution in [0.2, 0.25) is 0 Å². The average molecular weight is 423 g/mol. The number of rotatable bonds is 5. The first kappa shape index (κ1) is 21.0. The van der Waals surface area contributed by atoms with Crippen molar-refractivity contribution >= 4 is 23.0 Å². The number of hydrogen-bond donors (Lipinski definition) is 1. The van der Waals surface area contributed by atoms with Crippen LogP contribution in [0.5, 0.6) is 0 Å². The summed E-state index contributed by atoms with van der Waals surface area (Å²) < 4.78 is 16.5. The number of aromatic nitrogens is 2. The number of pyridine rings is 1. The van der Waals surface area contributed by atoms with Crippen molar-refractivity contribution in [2.24, 2.45) is 5.10 Å². The summed E-state index contributed by atoms with van der Waals surface area (Å²) in [5.74, 6) is -0.637. The summed E-state index contributed by atoms with van der Waals surface area (Å²) in [6.45, 7) is 10.2. The third-order valence-corrected chi connectivity index (χ3v) is 5.77. The monoisotopic (exact) mass is 422 g/mol. The van der Waals surface area contributed by atoms with Gasteiger partial charge in [0.15, 0.2) is 0 Å². The van der Waals surface area contributed by atoms with E-state index in [0.29, 0.717) is 34.0 Å². The molecule has 8 heteroatoms. The second kappa shape index (κ2) is 8.85. The van der Waals surface area contributed by atoms with Gasteiger partial charge in [-0.15, -0.1) is 0 Å². The van der Waals surface area contributed by atoms with Crippen molar-refractivity contribution < 1.29 is 9.18 Å². The summed E-state index contributed by atoms with van der Waals surface area (Å²) in [6.07, 6.45) is 1.79. The number of aryl methyl sites for hydroxylation is 1. The Morgan fingerprint density at radius 3 is 2.68 bits per heavy atom. The van der Waals surface area contributed by atoms with Crippen molar-refractivity contribution in [3.8, 4) is 0 Å². The first-order chi connectivity index (χ1) is 15.0. The summed E-state index contributed by atoms with van der Waals surface area (Å²) in [5, 5.41) is 4.19. The number of likely N-dealkylation sites (N-methyl/N-ethyl adjacent to an activating group) is 1. The lowest BCUT2D eigenvalue weighted by Crippen LogP contribution is -2.46. The largest absolute Gasteiger partial charge is 0.367 e. The molecule has 0 aliphatic carbocycles. The highest BCUT2D eigenvalue weighted by atomic mass is 19.1. The Morgan fingerprint density at radius 2 is 1.97 bits per heavy atom. The number of imidazole rings is 1. The van der Waals surface area contributed by atoms with Gasteiger partial charge in [0.2, 0.25) is 0 Å². The first-order valence-electron chi connectivity index (χ1n) is 10.5. The SMILES string of the molecule is CCN1CCN(c2ccc(/C(C)=N\NC(=O)c3c(C)nc4ccccn34)cc2F)CC1. The zero-order valence-corrected chi connectivity index (χ0v) is 18.1. The van der Waals surface area contributed by atoms with Crippen LogP contribution in [0, 0.1) is 12.7 Å². The maximum atomic E-state index is 14.8. The fraction of sp³-hybridized carbons (Fsp3) is 0.348. The van der Waals surface area contributed by atoms with Gasteiger partial charge < -0.3 is 9.80 Å². The van der Waals surface area contributed by atoms with E-state index < -0.39 is 0 Å². The minimum absolute atomic E-state index is 0.277. The Morgan fingerprint density at radius 1 is 1.19 bits per heavy atom. The molecule has 0 spiro atoms. The van der Waals surface area contributed by atoms with Crippen molar-refractivity contribution in [2.45, 2.75) is 20.8 Å². The highest BCUT2D eigenvalue weighted by Crippen LogP contribution is 2.22. The summed E-state index contributed by atoms with van der Waals surface area (Å²) in [5.41, 5.74) is 6.09. The van der Waals surface area contributed by atoms with Gasteiger partial charge >= 0.3 is 0 Å². The van der Waals surface area contributed by atoms with E-state index in [1.807, 2.05) is 24.3 Å². The van der Waals surface area contributed by atoms with E-state index in [1.54, 1.807) is 30.5 Å². The van der Waals surface area contributed by atoms with Gasteiger partial charge in [-0.05, 0) is 44.7 Å². The smallest absolute Gasteiger partial charge is 0.290 e. The number of nitrogens with zero attached hydrogens (tertiary/aromatic N) is 5. The van der Waals surface area contributed by atoms with Crippen LogP contribution in [0.4, 0.5) is 10.1 Å². The number of benzene rings is 1. The molecular weight excluding hydrogens is 395 g/mol. The molecule has 7 nitrogen and oxygen atoms in total. The molecule has 0 bridgehead atoms. The summed E-state index contributed by atoms with van der Waals surface area (Å²) in [7, 11) is 0. The number of carbonyl (C=O) groups excluding carboxylic acids is 1. The maximum absolute atomic E-state index is 14.8. The Balaban J connectivity index is 1.48. The molecule has 0 atom stereocenters. The van der Waals surface area contributed by atoms with Crippen molar-refractivity contribution in [3.05, 3.63) is 65.4 Å². The molecule has 0 radical (unpaired) electrons. The number of hydrazone groups is 1. The molecule has 1 aliphatic rings. The molecule has 1 aromatic carbocycles. The fourth-order valence-electron chi connectivity index (χ4n) is 3.93. The Bertz CT molecular complexity index is 1130. The van der Waals surface area contributed by atoms with Crippen molar-refractivity contribution in [1.29, 1.82) is 0 Å². The summed E-state index contributed by atoms with van der Waals surface area (Å²) in [4.78, 5) is 21.5. The number of nitrogens with one attached hydrogen (secondary N) is 1. The molecular formula is C23H27FN6O. The van der Waals surface area contributed by atoms with E-state index in [0.717, 1.165) is 32.7 Å². The van der Waals surface area contributed by atoms with Crippen molar-refractivity contribution in [1.82, 2.24) is 19.7 Å². The number of hydrogen-bond acceptors (Lipinski definition) is 5. The molecule has 0 unspecified atom stereocenters. The van der Waals surface area contributed by atoms with E-state index in [4.69, 9.17) is 0 Å². The zero-order valence-electron chi connectivity index (χ0n) is 18.1. The Kier molecular flexibility index (Phi) is 5.99. The molecule has 31 heavy (non-hydrogen) atoms. The molecule has 1 aliphatic heterocycles.